The number of anilines is 1. The number of alkyl halides is 3. The molecule has 0 aliphatic carbocycles. The highest BCUT2D eigenvalue weighted by Crippen LogP contribution is 2.48. The Morgan fingerprint density at radius 3 is 2.53 bits per heavy atom. The minimum absolute atomic E-state index is 0.0197. The Morgan fingerprint density at radius 1 is 1.24 bits per heavy atom. The maximum absolute atomic E-state index is 15.0. The SMILES string of the molecule is Cc1nn(C)cc1[C@H](c1ccccc1C#N)[C@@H](c1nc(C(=O)Nc2cnoc2)c(O)c(=O)n1C)C(F)(F)F. The Kier molecular flexibility index (Phi) is 6.77. The highest BCUT2D eigenvalue weighted by Gasteiger charge is 2.51. The number of halogens is 3. The van der Waals surface area contributed by atoms with Crippen LogP contribution in [0.25, 0.3) is 0 Å². The third-order valence-electron chi connectivity index (χ3n) is 5.97. The number of amides is 1. The second kappa shape index (κ2) is 9.85. The topological polar surface area (TPSA) is 152 Å². The predicted molar refractivity (Wildman–Crippen MR) is 125 cm³/mol. The molecule has 4 rings (SSSR count). The van der Waals surface area contributed by atoms with Gasteiger partial charge in [0, 0.05) is 31.8 Å². The van der Waals surface area contributed by atoms with Gasteiger partial charge in [-0.25, -0.2) is 4.98 Å². The van der Waals surface area contributed by atoms with Crippen molar-refractivity contribution in [2.45, 2.75) is 24.9 Å². The van der Waals surface area contributed by atoms with Crippen LogP contribution in [-0.2, 0) is 14.1 Å². The van der Waals surface area contributed by atoms with Gasteiger partial charge in [0.2, 0.25) is 5.75 Å². The molecule has 3 aromatic heterocycles. The van der Waals surface area contributed by atoms with Gasteiger partial charge in [0.05, 0.1) is 23.5 Å². The summed E-state index contributed by atoms with van der Waals surface area (Å²) in [5.74, 6) is -7.26. The quantitative estimate of drug-likeness (QED) is 0.388. The molecule has 2 N–H and O–H groups in total. The average molecular weight is 527 g/mol. The Hall–Kier alpha value is -4.93. The van der Waals surface area contributed by atoms with Gasteiger partial charge in [-0.15, -0.1) is 0 Å². The molecule has 2 atom stereocenters. The van der Waals surface area contributed by atoms with Gasteiger partial charge in [-0.1, -0.05) is 23.4 Å². The summed E-state index contributed by atoms with van der Waals surface area (Å²) in [5, 5.41) is 29.9. The van der Waals surface area contributed by atoms with Gasteiger partial charge < -0.3 is 14.9 Å². The van der Waals surface area contributed by atoms with Crippen LogP contribution in [-0.4, -0.2) is 41.7 Å². The molecular formula is C24H20F3N7O4. The zero-order valence-electron chi connectivity index (χ0n) is 20.2. The third-order valence-corrected chi connectivity index (χ3v) is 5.97. The first kappa shape index (κ1) is 26.1. The molecule has 0 fully saturated rings. The largest absolute Gasteiger partial charge is 0.501 e. The zero-order valence-corrected chi connectivity index (χ0v) is 20.2. The minimum atomic E-state index is -5.04. The number of benzene rings is 1. The lowest BCUT2D eigenvalue weighted by atomic mass is 9.78. The van der Waals surface area contributed by atoms with Crippen molar-refractivity contribution in [3.05, 3.63) is 87.2 Å². The monoisotopic (exact) mass is 527 g/mol. The van der Waals surface area contributed by atoms with Crippen LogP contribution in [0.4, 0.5) is 18.9 Å². The molecule has 14 heteroatoms. The summed E-state index contributed by atoms with van der Waals surface area (Å²) in [4.78, 5) is 29.5. The van der Waals surface area contributed by atoms with Gasteiger partial charge in [-0.2, -0.15) is 23.5 Å². The van der Waals surface area contributed by atoms with Crippen LogP contribution < -0.4 is 10.9 Å². The molecule has 0 radical (unpaired) electrons. The molecule has 0 unspecified atom stereocenters. The van der Waals surface area contributed by atoms with Crippen LogP contribution in [0, 0.1) is 18.3 Å². The fraction of sp³-hybridized carbons (Fsp3) is 0.250. The van der Waals surface area contributed by atoms with E-state index in [1.165, 1.54) is 49.1 Å². The standard InChI is InChI=1S/C24H20F3N7O4/c1-12-16(10-33(2)32-12)17(15-7-5-4-6-13(15)8-28)18(24(25,26)27)21-31-19(20(35)23(37)34(21)3)22(36)30-14-9-29-38-11-14/h4-7,9-11,17-18,35H,1-3H3,(H,30,36)/t17-,18-/m0/s1. The number of rotatable bonds is 6. The molecule has 11 nitrogen and oxygen atoms in total. The summed E-state index contributed by atoms with van der Waals surface area (Å²) in [6, 6.07) is 7.68. The van der Waals surface area contributed by atoms with Crippen molar-refractivity contribution in [3.8, 4) is 11.8 Å². The first-order chi connectivity index (χ1) is 17.9. The van der Waals surface area contributed by atoms with E-state index in [2.05, 4.69) is 25.1 Å². The molecular weight excluding hydrogens is 507 g/mol. The summed E-state index contributed by atoms with van der Waals surface area (Å²) in [6.07, 6.45) is -1.50. The molecule has 1 amide bonds. The van der Waals surface area contributed by atoms with Gasteiger partial charge in [-0.3, -0.25) is 18.8 Å². The highest BCUT2D eigenvalue weighted by molar-refractivity contribution is 6.04. The number of aromatic nitrogens is 5. The third kappa shape index (κ3) is 4.73. The lowest BCUT2D eigenvalue weighted by Gasteiger charge is -2.30. The fourth-order valence-corrected chi connectivity index (χ4v) is 4.30. The average Bonchev–Trinajstić information content (AvgIpc) is 3.49. The van der Waals surface area contributed by atoms with Crippen molar-refractivity contribution >= 4 is 11.6 Å². The van der Waals surface area contributed by atoms with Crippen LogP contribution in [0.1, 0.15) is 50.5 Å². The van der Waals surface area contributed by atoms with Crippen LogP contribution in [0.3, 0.4) is 0 Å². The van der Waals surface area contributed by atoms with Crippen LogP contribution in [0.2, 0.25) is 0 Å². The Labute approximate surface area is 212 Å². The number of nitriles is 1. The van der Waals surface area contributed by atoms with E-state index in [1.54, 1.807) is 0 Å². The highest BCUT2D eigenvalue weighted by atomic mass is 19.4. The minimum Gasteiger partial charge on any atom is -0.501 e. The van der Waals surface area contributed by atoms with Crippen molar-refractivity contribution in [2.75, 3.05) is 5.32 Å². The molecule has 0 saturated heterocycles. The first-order valence-corrected chi connectivity index (χ1v) is 11.0. The van der Waals surface area contributed by atoms with Crippen molar-refractivity contribution in [1.82, 2.24) is 24.5 Å². The molecule has 3 heterocycles. The van der Waals surface area contributed by atoms with E-state index in [0.717, 1.165) is 19.5 Å². The maximum Gasteiger partial charge on any atom is 0.399 e. The summed E-state index contributed by atoms with van der Waals surface area (Å²) < 4.78 is 51.5. The molecule has 0 spiro atoms. The molecule has 38 heavy (non-hydrogen) atoms. The predicted octanol–water partition coefficient (Wildman–Crippen LogP) is 3.12. The molecule has 4 aromatic rings. The van der Waals surface area contributed by atoms with Crippen molar-refractivity contribution in [2.24, 2.45) is 14.1 Å². The van der Waals surface area contributed by atoms with Gasteiger partial charge >= 0.3 is 6.18 Å². The number of nitrogens with one attached hydrogen (secondary N) is 1. The number of nitrogens with zero attached hydrogens (tertiary/aromatic N) is 6. The summed E-state index contributed by atoms with van der Waals surface area (Å²) in [6.45, 7) is 1.52. The van der Waals surface area contributed by atoms with Gasteiger partial charge in [0.25, 0.3) is 11.5 Å². The fourth-order valence-electron chi connectivity index (χ4n) is 4.30. The van der Waals surface area contributed by atoms with E-state index in [1.807, 2.05) is 6.07 Å². The molecule has 0 bridgehead atoms. The van der Waals surface area contributed by atoms with E-state index in [9.17, 15) is 20.0 Å². The van der Waals surface area contributed by atoms with E-state index in [4.69, 9.17) is 0 Å². The van der Waals surface area contributed by atoms with E-state index in [-0.39, 0.29) is 28.1 Å². The number of aromatic hydroxyl groups is 1. The number of aryl methyl sites for hydroxylation is 2. The van der Waals surface area contributed by atoms with E-state index in [0.29, 0.717) is 4.57 Å². The van der Waals surface area contributed by atoms with Gasteiger partial charge in [-0.05, 0) is 18.6 Å². The molecule has 1 aromatic carbocycles. The Morgan fingerprint density at radius 2 is 1.95 bits per heavy atom. The van der Waals surface area contributed by atoms with E-state index >= 15 is 13.2 Å². The van der Waals surface area contributed by atoms with Crippen LogP contribution >= 0.6 is 0 Å². The van der Waals surface area contributed by atoms with E-state index < -0.39 is 46.7 Å². The van der Waals surface area contributed by atoms with Crippen molar-refractivity contribution in [1.29, 1.82) is 5.26 Å². The normalized spacial score (nSPS) is 13.1. The number of hydrogen-bond acceptors (Lipinski definition) is 8. The lowest BCUT2D eigenvalue weighted by molar-refractivity contribution is -0.156. The summed E-state index contributed by atoms with van der Waals surface area (Å²) in [5.41, 5.74) is -1.78. The summed E-state index contributed by atoms with van der Waals surface area (Å²) in [7, 11) is 2.54. The number of carbonyl (C=O) groups excluding carboxylic acids is 1. The Bertz CT molecular complexity index is 1600. The van der Waals surface area contributed by atoms with Crippen LogP contribution in [0.15, 0.2) is 52.2 Å². The Balaban J connectivity index is 2.01. The molecule has 0 aliphatic rings. The van der Waals surface area contributed by atoms with Gasteiger partial charge in [0.1, 0.15) is 23.7 Å². The molecule has 196 valence electrons. The number of hydrogen-bond donors (Lipinski definition) is 2. The molecule has 0 saturated carbocycles. The zero-order chi connectivity index (χ0) is 27.8. The maximum atomic E-state index is 15.0. The number of carbonyl (C=O) groups is 1. The van der Waals surface area contributed by atoms with Gasteiger partial charge in [0.15, 0.2) is 5.69 Å². The summed E-state index contributed by atoms with van der Waals surface area (Å²) >= 11 is 0. The lowest BCUT2D eigenvalue weighted by Crippen LogP contribution is -2.36. The van der Waals surface area contributed by atoms with Crippen LogP contribution in [0.5, 0.6) is 5.75 Å². The van der Waals surface area contributed by atoms with Crippen molar-refractivity contribution in [3.63, 3.8) is 0 Å². The second-order valence-electron chi connectivity index (χ2n) is 8.44. The first-order valence-electron chi connectivity index (χ1n) is 11.0. The van der Waals surface area contributed by atoms with Crippen molar-refractivity contribution < 1.29 is 27.6 Å². The second-order valence-corrected chi connectivity index (χ2v) is 8.44. The smallest absolute Gasteiger partial charge is 0.399 e. The molecule has 0 aliphatic heterocycles.